The zero-order valence-electron chi connectivity index (χ0n) is 11.8. The van der Waals surface area contributed by atoms with Gasteiger partial charge >= 0.3 is 0 Å². The van der Waals surface area contributed by atoms with Gasteiger partial charge in [0, 0.05) is 17.1 Å². The molecule has 0 aliphatic heterocycles. The van der Waals surface area contributed by atoms with Crippen molar-refractivity contribution in [1.29, 1.82) is 0 Å². The molecule has 0 fully saturated rings. The lowest BCUT2D eigenvalue weighted by Gasteiger charge is -2.26. The van der Waals surface area contributed by atoms with Crippen LogP contribution in [0.2, 0.25) is 5.02 Å². The summed E-state index contributed by atoms with van der Waals surface area (Å²) in [6.45, 7) is 10.2. The molecular weight excluding hydrogens is 246 g/mol. The van der Waals surface area contributed by atoms with Gasteiger partial charge in [-0.25, -0.2) is 0 Å². The van der Waals surface area contributed by atoms with Crippen molar-refractivity contribution in [3.8, 4) is 0 Å². The molecule has 0 heterocycles. The van der Waals surface area contributed by atoms with Gasteiger partial charge in [0.2, 0.25) is 0 Å². The summed E-state index contributed by atoms with van der Waals surface area (Å²) in [5.41, 5.74) is 1.33. The van der Waals surface area contributed by atoms with Gasteiger partial charge in [-0.2, -0.15) is 0 Å². The van der Waals surface area contributed by atoms with E-state index >= 15 is 0 Å². The van der Waals surface area contributed by atoms with Gasteiger partial charge in [0.1, 0.15) is 0 Å². The molecule has 2 nitrogen and oxygen atoms in total. The average molecular weight is 270 g/mol. The number of hydrogen-bond acceptors (Lipinski definition) is 2. The molecule has 0 aromatic heterocycles. The van der Waals surface area contributed by atoms with E-state index in [9.17, 15) is 0 Å². The van der Waals surface area contributed by atoms with E-state index in [1.54, 1.807) is 0 Å². The number of halogens is 1. The lowest BCUT2D eigenvalue weighted by Crippen LogP contribution is -2.42. The van der Waals surface area contributed by atoms with Crippen LogP contribution in [0.1, 0.15) is 39.7 Å². The van der Waals surface area contributed by atoms with Gasteiger partial charge in [-0.15, -0.1) is 0 Å². The Labute approximate surface area is 116 Å². The van der Waals surface area contributed by atoms with Crippen LogP contribution in [0, 0.1) is 0 Å². The van der Waals surface area contributed by atoms with Crippen LogP contribution in [0.4, 0.5) is 0 Å². The average Bonchev–Trinajstić information content (AvgIpc) is 2.36. The quantitative estimate of drug-likeness (QED) is 0.807. The van der Waals surface area contributed by atoms with Crippen LogP contribution in [0.15, 0.2) is 24.3 Å². The van der Waals surface area contributed by atoms with E-state index in [0.717, 1.165) is 23.6 Å². The van der Waals surface area contributed by atoms with Gasteiger partial charge < -0.3 is 10.1 Å². The first-order chi connectivity index (χ1) is 8.43. The Hall–Kier alpha value is -0.570. The SMILES string of the molecule is CCC(C)(C)NCC(C)OCc1ccc(Cl)cc1. The predicted molar refractivity (Wildman–Crippen MR) is 78.1 cm³/mol. The van der Waals surface area contributed by atoms with Crippen molar-refractivity contribution in [1.82, 2.24) is 5.32 Å². The summed E-state index contributed by atoms with van der Waals surface area (Å²) in [5.74, 6) is 0. The highest BCUT2D eigenvalue weighted by molar-refractivity contribution is 6.30. The number of nitrogens with one attached hydrogen (secondary N) is 1. The first-order valence-corrected chi connectivity index (χ1v) is 6.92. The fourth-order valence-electron chi connectivity index (χ4n) is 1.42. The molecular formula is C15H24ClNO. The standard InChI is InChI=1S/C15H24ClNO/c1-5-15(3,4)17-10-12(2)18-11-13-6-8-14(16)9-7-13/h6-9,12,17H,5,10-11H2,1-4H3. The van der Waals surface area contributed by atoms with Crippen molar-refractivity contribution >= 4 is 11.6 Å². The van der Waals surface area contributed by atoms with Crippen LogP contribution in [-0.2, 0) is 11.3 Å². The van der Waals surface area contributed by atoms with Crippen molar-refractivity contribution in [3.63, 3.8) is 0 Å². The van der Waals surface area contributed by atoms with Crippen LogP contribution in [0.5, 0.6) is 0 Å². The van der Waals surface area contributed by atoms with Crippen molar-refractivity contribution < 1.29 is 4.74 Å². The molecule has 0 amide bonds. The van der Waals surface area contributed by atoms with E-state index in [4.69, 9.17) is 16.3 Å². The number of hydrogen-bond donors (Lipinski definition) is 1. The molecule has 3 heteroatoms. The summed E-state index contributed by atoms with van der Waals surface area (Å²) in [5, 5.41) is 4.27. The fraction of sp³-hybridized carbons (Fsp3) is 0.600. The minimum Gasteiger partial charge on any atom is -0.373 e. The minimum atomic E-state index is 0.178. The maximum Gasteiger partial charge on any atom is 0.0721 e. The van der Waals surface area contributed by atoms with Crippen molar-refractivity contribution in [2.75, 3.05) is 6.54 Å². The van der Waals surface area contributed by atoms with E-state index in [1.165, 1.54) is 0 Å². The van der Waals surface area contributed by atoms with Crippen LogP contribution >= 0.6 is 11.6 Å². The molecule has 0 aliphatic carbocycles. The van der Waals surface area contributed by atoms with Gasteiger partial charge in [0.05, 0.1) is 12.7 Å². The highest BCUT2D eigenvalue weighted by Gasteiger charge is 2.15. The Morgan fingerprint density at radius 1 is 1.28 bits per heavy atom. The number of rotatable bonds is 7. The molecule has 0 saturated heterocycles. The van der Waals surface area contributed by atoms with Gasteiger partial charge in [0.15, 0.2) is 0 Å². The second kappa shape index (κ2) is 7.13. The van der Waals surface area contributed by atoms with E-state index in [2.05, 4.69) is 33.0 Å². The second-order valence-electron chi connectivity index (χ2n) is 5.37. The third-order valence-corrected chi connectivity index (χ3v) is 3.45. The second-order valence-corrected chi connectivity index (χ2v) is 5.80. The number of ether oxygens (including phenoxy) is 1. The molecule has 1 aromatic carbocycles. The molecule has 18 heavy (non-hydrogen) atoms. The first kappa shape index (κ1) is 15.5. The lowest BCUT2D eigenvalue weighted by atomic mass is 10.0. The smallest absolute Gasteiger partial charge is 0.0721 e. The Kier molecular flexibility index (Phi) is 6.13. The van der Waals surface area contributed by atoms with Gasteiger partial charge in [-0.1, -0.05) is 30.7 Å². The topological polar surface area (TPSA) is 21.3 Å². The van der Waals surface area contributed by atoms with Crippen molar-refractivity contribution in [3.05, 3.63) is 34.9 Å². The molecule has 0 aliphatic rings. The monoisotopic (exact) mass is 269 g/mol. The van der Waals surface area contributed by atoms with Crippen LogP contribution in [0.25, 0.3) is 0 Å². The largest absolute Gasteiger partial charge is 0.373 e. The van der Waals surface area contributed by atoms with Gasteiger partial charge in [0.25, 0.3) is 0 Å². The molecule has 0 radical (unpaired) electrons. The zero-order chi connectivity index (χ0) is 13.6. The van der Waals surface area contributed by atoms with Gasteiger partial charge in [-0.05, 0) is 44.9 Å². The van der Waals surface area contributed by atoms with E-state index in [1.807, 2.05) is 24.3 Å². The lowest BCUT2D eigenvalue weighted by molar-refractivity contribution is 0.0483. The molecule has 1 N–H and O–H groups in total. The highest BCUT2D eigenvalue weighted by atomic mass is 35.5. The molecule has 1 unspecified atom stereocenters. The fourth-order valence-corrected chi connectivity index (χ4v) is 1.55. The Balaban J connectivity index is 2.29. The summed E-state index contributed by atoms with van der Waals surface area (Å²) >= 11 is 5.84. The Morgan fingerprint density at radius 2 is 1.89 bits per heavy atom. The summed E-state index contributed by atoms with van der Waals surface area (Å²) in [6, 6.07) is 7.78. The van der Waals surface area contributed by atoms with Crippen molar-refractivity contribution in [2.24, 2.45) is 0 Å². The molecule has 0 saturated carbocycles. The molecule has 0 spiro atoms. The Bertz CT molecular complexity index is 348. The van der Waals surface area contributed by atoms with E-state index in [0.29, 0.717) is 6.61 Å². The predicted octanol–water partition coefficient (Wildman–Crippen LogP) is 4.02. The molecule has 1 rings (SSSR count). The third kappa shape index (κ3) is 5.85. The molecule has 0 bridgehead atoms. The summed E-state index contributed by atoms with van der Waals surface area (Å²) in [7, 11) is 0. The van der Waals surface area contributed by atoms with Crippen LogP contribution in [-0.4, -0.2) is 18.2 Å². The summed E-state index contributed by atoms with van der Waals surface area (Å²) in [4.78, 5) is 0. The first-order valence-electron chi connectivity index (χ1n) is 6.54. The van der Waals surface area contributed by atoms with E-state index in [-0.39, 0.29) is 11.6 Å². The summed E-state index contributed by atoms with van der Waals surface area (Å²) in [6.07, 6.45) is 1.31. The normalized spacial score (nSPS) is 13.6. The zero-order valence-corrected chi connectivity index (χ0v) is 12.6. The Morgan fingerprint density at radius 3 is 2.44 bits per heavy atom. The van der Waals surface area contributed by atoms with Gasteiger partial charge in [-0.3, -0.25) is 0 Å². The van der Waals surface area contributed by atoms with Crippen LogP contribution < -0.4 is 5.32 Å². The molecule has 1 atom stereocenters. The number of benzene rings is 1. The molecule has 102 valence electrons. The highest BCUT2D eigenvalue weighted by Crippen LogP contribution is 2.11. The minimum absolute atomic E-state index is 0.178. The van der Waals surface area contributed by atoms with Crippen molar-refractivity contribution in [2.45, 2.75) is 52.4 Å². The van der Waals surface area contributed by atoms with E-state index < -0.39 is 0 Å². The summed E-state index contributed by atoms with van der Waals surface area (Å²) < 4.78 is 5.80. The molecule has 1 aromatic rings. The third-order valence-electron chi connectivity index (χ3n) is 3.20. The maximum absolute atomic E-state index is 5.84. The maximum atomic E-state index is 5.84. The van der Waals surface area contributed by atoms with Crippen LogP contribution in [0.3, 0.4) is 0 Å².